The molecule has 6 heteroatoms. The molecule has 0 saturated heterocycles. The van der Waals surface area contributed by atoms with Gasteiger partial charge in [0.2, 0.25) is 0 Å². The lowest BCUT2D eigenvalue weighted by atomic mass is 9.97. The second-order valence-corrected chi connectivity index (χ2v) is 7.33. The number of hydrogen-bond donors (Lipinski definition) is 2. The minimum absolute atomic E-state index is 0.0722. The van der Waals surface area contributed by atoms with E-state index in [1.54, 1.807) is 6.92 Å². The Kier molecular flexibility index (Phi) is 3.69. The molecule has 3 rings (SSSR count). The van der Waals surface area contributed by atoms with E-state index in [1.165, 1.54) is 30.5 Å². The molecule has 1 aliphatic rings. The van der Waals surface area contributed by atoms with Crippen molar-refractivity contribution in [3.8, 4) is 11.3 Å². The van der Waals surface area contributed by atoms with Crippen LogP contribution in [-0.2, 0) is 0 Å². The number of halogens is 1. The number of rotatable bonds is 5. The Morgan fingerprint density at radius 1 is 1.25 bits per heavy atom. The van der Waals surface area contributed by atoms with E-state index in [9.17, 15) is 14.0 Å². The van der Waals surface area contributed by atoms with Gasteiger partial charge in [0.05, 0.1) is 11.3 Å². The van der Waals surface area contributed by atoms with Gasteiger partial charge in [-0.3, -0.25) is 14.6 Å². The smallest absolute Gasteiger partial charge is 0.252 e. The van der Waals surface area contributed by atoms with Crippen LogP contribution in [0.1, 0.15) is 68.0 Å². The second-order valence-electron chi connectivity index (χ2n) is 7.33. The van der Waals surface area contributed by atoms with Gasteiger partial charge < -0.3 is 10.6 Å². The molecule has 1 fully saturated rings. The first-order valence-electron chi connectivity index (χ1n) is 12.0. The van der Waals surface area contributed by atoms with Crippen LogP contribution >= 0.6 is 0 Å². The fourth-order valence-electron chi connectivity index (χ4n) is 2.62. The zero-order valence-corrected chi connectivity index (χ0v) is 15.7. The van der Waals surface area contributed by atoms with Gasteiger partial charge in [-0.25, -0.2) is 4.39 Å². The summed E-state index contributed by atoms with van der Waals surface area (Å²) in [6.45, 7) is -3.61. The minimum atomic E-state index is -2.83. The SMILES string of the molecule is [2H]C([2H])([2H])C(C)(CNC(=O)c1ccc(-c2cc(C(=O)NC3CC3)cc(F)c2C)nc1)C([2H])([2H])[2H]. The predicted octanol–water partition coefficient (Wildman–Crippen LogP) is 3.86. The van der Waals surface area contributed by atoms with Crippen LogP contribution in [0.3, 0.4) is 0 Å². The summed E-state index contributed by atoms with van der Waals surface area (Å²) in [5.41, 5.74) is -0.878. The second kappa shape index (κ2) is 7.70. The van der Waals surface area contributed by atoms with Crippen molar-refractivity contribution >= 4 is 11.8 Å². The average Bonchev–Trinajstić information content (AvgIpc) is 3.56. The summed E-state index contributed by atoms with van der Waals surface area (Å²) < 4.78 is 60.0. The van der Waals surface area contributed by atoms with Crippen molar-refractivity contribution < 1.29 is 22.2 Å². The van der Waals surface area contributed by atoms with Crippen LogP contribution in [0.4, 0.5) is 4.39 Å². The molecule has 1 saturated carbocycles. The molecule has 1 heterocycles. The Morgan fingerprint density at radius 3 is 2.61 bits per heavy atom. The van der Waals surface area contributed by atoms with E-state index in [2.05, 4.69) is 15.6 Å². The first-order valence-corrected chi connectivity index (χ1v) is 9.00. The van der Waals surface area contributed by atoms with Gasteiger partial charge in [0.1, 0.15) is 5.82 Å². The summed E-state index contributed by atoms with van der Waals surface area (Å²) in [7, 11) is 0. The maximum Gasteiger partial charge on any atom is 0.252 e. The molecule has 148 valence electrons. The highest BCUT2D eigenvalue weighted by Gasteiger charge is 2.24. The third-order valence-corrected chi connectivity index (χ3v) is 4.42. The van der Waals surface area contributed by atoms with Gasteiger partial charge in [-0.1, -0.05) is 20.6 Å². The highest BCUT2D eigenvalue weighted by molar-refractivity contribution is 5.96. The fraction of sp³-hybridized carbons (Fsp3) is 0.409. The maximum atomic E-state index is 14.5. The van der Waals surface area contributed by atoms with Crippen LogP contribution in [0.15, 0.2) is 30.5 Å². The summed E-state index contributed by atoms with van der Waals surface area (Å²) in [4.78, 5) is 29.1. The van der Waals surface area contributed by atoms with Crippen LogP contribution < -0.4 is 10.6 Å². The number of nitrogens with one attached hydrogen (secondary N) is 2. The average molecular weight is 390 g/mol. The van der Waals surface area contributed by atoms with Crippen molar-refractivity contribution in [3.63, 3.8) is 0 Å². The summed E-state index contributed by atoms with van der Waals surface area (Å²) in [6.07, 6.45) is 3.02. The molecule has 1 aromatic carbocycles. The van der Waals surface area contributed by atoms with Crippen LogP contribution in [0.5, 0.6) is 0 Å². The van der Waals surface area contributed by atoms with Crippen LogP contribution in [0, 0.1) is 18.2 Å². The molecule has 1 aromatic heterocycles. The molecule has 0 spiro atoms. The lowest BCUT2D eigenvalue weighted by Crippen LogP contribution is -2.32. The highest BCUT2D eigenvalue weighted by atomic mass is 19.1. The predicted molar refractivity (Wildman–Crippen MR) is 107 cm³/mol. The van der Waals surface area contributed by atoms with E-state index >= 15 is 0 Å². The largest absolute Gasteiger partial charge is 0.351 e. The molecular formula is C22H26FN3O2. The molecule has 2 amide bonds. The number of carbonyl (C=O) groups is 2. The third-order valence-electron chi connectivity index (χ3n) is 4.42. The summed E-state index contributed by atoms with van der Waals surface area (Å²) >= 11 is 0. The first-order chi connectivity index (χ1) is 15.6. The van der Waals surface area contributed by atoms with Crippen molar-refractivity contribution in [1.29, 1.82) is 0 Å². The van der Waals surface area contributed by atoms with Crippen molar-refractivity contribution in [2.45, 2.75) is 46.4 Å². The Balaban J connectivity index is 1.79. The molecule has 5 nitrogen and oxygen atoms in total. The Morgan fingerprint density at radius 2 is 2.00 bits per heavy atom. The molecule has 2 N–H and O–H groups in total. The lowest BCUT2D eigenvalue weighted by Gasteiger charge is -2.18. The number of amides is 2. The van der Waals surface area contributed by atoms with Gasteiger partial charge in [0.15, 0.2) is 0 Å². The number of pyridine rings is 1. The lowest BCUT2D eigenvalue weighted by molar-refractivity contribution is 0.0935. The van der Waals surface area contributed by atoms with Crippen molar-refractivity contribution in [1.82, 2.24) is 15.6 Å². The number of carbonyl (C=O) groups excluding carboxylic acids is 2. The van der Waals surface area contributed by atoms with E-state index < -0.39 is 37.4 Å². The van der Waals surface area contributed by atoms with E-state index in [0.29, 0.717) is 16.8 Å². The van der Waals surface area contributed by atoms with Crippen LogP contribution in [0.2, 0.25) is 0 Å². The van der Waals surface area contributed by atoms with Gasteiger partial charge in [0.25, 0.3) is 11.8 Å². The van der Waals surface area contributed by atoms with Gasteiger partial charge in [-0.15, -0.1) is 0 Å². The summed E-state index contributed by atoms with van der Waals surface area (Å²) in [5, 5.41) is 5.18. The number of hydrogen-bond acceptors (Lipinski definition) is 3. The molecule has 28 heavy (non-hydrogen) atoms. The van der Waals surface area contributed by atoms with Gasteiger partial charge in [0, 0.05) is 38.1 Å². The Labute approximate surface area is 173 Å². The van der Waals surface area contributed by atoms with Gasteiger partial charge >= 0.3 is 0 Å². The molecule has 1 aliphatic carbocycles. The van der Waals surface area contributed by atoms with E-state index in [4.69, 9.17) is 8.22 Å². The van der Waals surface area contributed by atoms with Crippen molar-refractivity contribution in [2.75, 3.05) is 6.54 Å². The van der Waals surface area contributed by atoms with E-state index in [1.807, 2.05) is 0 Å². The standard InChI is InChI=1S/C22H26FN3O2/c1-13-17(9-15(10-18(13)23)21(28)26-16-6-7-16)19-8-5-14(11-24-19)20(27)25-12-22(2,3)4/h5,8-11,16H,6-7,12H2,1-4H3,(H,25,27)(H,26,28)/i2D3,3D3. The molecule has 0 atom stereocenters. The first kappa shape index (κ1) is 13.4. The zero-order chi connectivity index (χ0) is 25.5. The third kappa shape index (κ3) is 4.94. The van der Waals surface area contributed by atoms with Crippen LogP contribution in [0.25, 0.3) is 11.3 Å². The fourth-order valence-corrected chi connectivity index (χ4v) is 2.62. The van der Waals surface area contributed by atoms with Crippen LogP contribution in [-0.4, -0.2) is 29.4 Å². The quantitative estimate of drug-likeness (QED) is 0.816. The Hall–Kier alpha value is -2.76. The molecule has 0 radical (unpaired) electrons. The zero-order valence-electron chi connectivity index (χ0n) is 21.7. The molecule has 0 unspecified atom stereocenters. The summed E-state index contributed by atoms with van der Waals surface area (Å²) in [5.74, 6) is -1.62. The Bertz CT molecular complexity index is 1080. The van der Waals surface area contributed by atoms with Gasteiger partial charge in [-0.2, -0.15) is 0 Å². The minimum Gasteiger partial charge on any atom is -0.351 e. The number of aromatic nitrogens is 1. The monoisotopic (exact) mass is 389 g/mol. The number of nitrogens with zero attached hydrogens (tertiary/aromatic N) is 1. The molecule has 0 bridgehead atoms. The van der Waals surface area contributed by atoms with Crippen molar-refractivity contribution in [2.24, 2.45) is 5.41 Å². The topological polar surface area (TPSA) is 71.1 Å². The maximum absolute atomic E-state index is 14.5. The van der Waals surface area contributed by atoms with E-state index in [-0.39, 0.29) is 23.1 Å². The number of benzene rings is 1. The van der Waals surface area contributed by atoms with E-state index in [0.717, 1.165) is 19.8 Å². The van der Waals surface area contributed by atoms with Gasteiger partial charge in [-0.05, 0) is 55.0 Å². The highest BCUT2D eigenvalue weighted by Crippen LogP contribution is 2.26. The molecular weight excluding hydrogens is 357 g/mol. The molecule has 0 aliphatic heterocycles. The van der Waals surface area contributed by atoms with Crippen molar-refractivity contribution in [3.05, 3.63) is 53.0 Å². The summed E-state index contributed by atoms with van der Waals surface area (Å²) in [6, 6.07) is 5.72. The molecule has 2 aromatic rings. The normalized spacial score (nSPS) is 18.0.